The SMILES string of the molecule is CC1(C)c2ccccc2-c2c1ccc1c3ccccc3n(-c3cccc(-c4nc(-c5ccccc5)c5oc6ccccc6c5n4)c3)c21. The quantitative estimate of drug-likeness (QED) is 0.202. The highest BCUT2D eigenvalue weighted by Crippen LogP contribution is 2.52. The number of hydrogen-bond donors (Lipinski definition) is 0. The molecule has 0 N–H and O–H groups in total. The number of fused-ring (bicyclic) bond motifs is 10. The van der Waals surface area contributed by atoms with Gasteiger partial charge in [-0.2, -0.15) is 0 Å². The van der Waals surface area contributed by atoms with Crippen LogP contribution >= 0.6 is 0 Å². The van der Waals surface area contributed by atoms with Crippen LogP contribution in [0.3, 0.4) is 0 Å². The van der Waals surface area contributed by atoms with E-state index in [9.17, 15) is 0 Å². The predicted octanol–water partition coefficient (Wildman–Crippen LogP) is 11.1. The number of aromatic nitrogens is 3. The van der Waals surface area contributed by atoms with E-state index in [0.717, 1.165) is 39.0 Å². The van der Waals surface area contributed by atoms with E-state index < -0.39 is 0 Å². The summed E-state index contributed by atoms with van der Waals surface area (Å²) in [6, 6.07) is 49.3. The van der Waals surface area contributed by atoms with Gasteiger partial charge in [0.25, 0.3) is 0 Å². The van der Waals surface area contributed by atoms with Crippen LogP contribution in [0.1, 0.15) is 25.0 Å². The molecule has 1 aliphatic rings. The van der Waals surface area contributed by atoms with Gasteiger partial charge in [0.1, 0.15) is 16.8 Å². The maximum Gasteiger partial charge on any atom is 0.180 e. The van der Waals surface area contributed by atoms with Crippen molar-refractivity contribution in [2.45, 2.75) is 19.3 Å². The molecule has 0 fully saturated rings. The minimum Gasteiger partial charge on any atom is -0.452 e. The van der Waals surface area contributed by atoms with Crippen molar-refractivity contribution in [3.63, 3.8) is 0 Å². The molecule has 0 atom stereocenters. The van der Waals surface area contributed by atoms with Crippen LogP contribution in [-0.4, -0.2) is 14.5 Å². The fourth-order valence-corrected chi connectivity index (χ4v) is 7.81. The molecule has 1 aliphatic carbocycles. The van der Waals surface area contributed by atoms with Crippen LogP contribution in [0.5, 0.6) is 0 Å². The van der Waals surface area contributed by atoms with Gasteiger partial charge in [-0.1, -0.05) is 123 Å². The molecule has 0 saturated heterocycles. The minimum atomic E-state index is -0.0896. The van der Waals surface area contributed by atoms with Gasteiger partial charge in [0.05, 0.1) is 11.0 Å². The van der Waals surface area contributed by atoms with Crippen molar-refractivity contribution in [3.05, 3.63) is 151 Å². The lowest BCUT2D eigenvalue weighted by atomic mass is 9.82. The lowest BCUT2D eigenvalue weighted by molar-refractivity contribution is 0.661. The Morgan fingerprint density at radius 1 is 0.596 bits per heavy atom. The molecule has 3 aromatic heterocycles. The molecule has 47 heavy (non-hydrogen) atoms. The van der Waals surface area contributed by atoms with Gasteiger partial charge in [0.15, 0.2) is 11.4 Å². The van der Waals surface area contributed by atoms with Gasteiger partial charge in [-0.05, 0) is 47.0 Å². The van der Waals surface area contributed by atoms with Crippen molar-refractivity contribution in [2.24, 2.45) is 0 Å². The van der Waals surface area contributed by atoms with Crippen molar-refractivity contribution >= 4 is 43.9 Å². The molecular formula is C43H29N3O. The summed E-state index contributed by atoms with van der Waals surface area (Å²) in [4.78, 5) is 10.3. The van der Waals surface area contributed by atoms with Gasteiger partial charge in [-0.3, -0.25) is 0 Å². The molecule has 0 aliphatic heterocycles. The van der Waals surface area contributed by atoms with E-state index in [4.69, 9.17) is 14.4 Å². The molecule has 10 rings (SSSR count). The first-order valence-electron chi connectivity index (χ1n) is 16.1. The highest BCUT2D eigenvalue weighted by atomic mass is 16.3. The van der Waals surface area contributed by atoms with Crippen LogP contribution in [0.15, 0.2) is 144 Å². The van der Waals surface area contributed by atoms with Crippen molar-refractivity contribution in [2.75, 3.05) is 0 Å². The fraction of sp³-hybridized carbons (Fsp3) is 0.0698. The Hall–Kier alpha value is -6.00. The average molecular weight is 604 g/mol. The summed E-state index contributed by atoms with van der Waals surface area (Å²) >= 11 is 0. The summed E-state index contributed by atoms with van der Waals surface area (Å²) in [5, 5.41) is 3.48. The number of hydrogen-bond acceptors (Lipinski definition) is 3. The molecule has 0 spiro atoms. The number of rotatable bonds is 3. The fourth-order valence-electron chi connectivity index (χ4n) is 7.81. The molecule has 6 aromatic carbocycles. The number of nitrogens with zero attached hydrogens (tertiary/aromatic N) is 3. The summed E-state index contributed by atoms with van der Waals surface area (Å²) in [5.74, 6) is 0.669. The Bertz CT molecular complexity index is 2710. The van der Waals surface area contributed by atoms with E-state index in [-0.39, 0.29) is 5.41 Å². The Morgan fingerprint density at radius 2 is 1.34 bits per heavy atom. The van der Waals surface area contributed by atoms with Crippen LogP contribution in [0, 0.1) is 0 Å². The molecule has 4 heteroatoms. The third-order valence-corrected chi connectivity index (χ3v) is 10.0. The first kappa shape index (κ1) is 26.2. The van der Waals surface area contributed by atoms with Gasteiger partial charge < -0.3 is 8.98 Å². The van der Waals surface area contributed by atoms with Crippen LogP contribution in [0.2, 0.25) is 0 Å². The maximum absolute atomic E-state index is 6.37. The monoisotopic (exact) mass is 603 g/mol. The van der Waals surface area contributed by atoms with Crippen molar-refractivity contribution in [1.82, 2.24) is 14.5 Å². The molecule has 0 bridgehead atoms. The van der Waals surface area contributed by atoms with Crippen LogP contribution in [0.4, 0.5) is 0 Å². The van der Waals surface area contributed by atoms with Gasteiger partial charge in [-0.15, -0.1) is 0 Å². The number of benzene rings is 6. The molecule has 0 unspecified atom stereocenters. The lowest BCUT2D eigenvalue weighted by Gasteiger charge is -2.21. The first-order chi connectivity index (χ1) is 23.1. The van der Waals surface area contributed by atoms with Crippen LogP contribution in [-0.2, 0) is 5.41 Å². The largest absolute Gasteiger partial charge is 0.452 e. The predicted molar refractivity (Wildman–Crippen MR) is 192 cm³/mol. The molecule has 222 valence electrons. The van der Waals surface area contributed by atoms with E-state index in [2.05, 4.69) is 122 Å². The minimum absolute atomic E-state index is 0.0896. The maximum atomic E-state index is 6.37. The van der Waals surface area contributed by atoms with E-state index in [1.165, 1.54) is 44.1 Å². The Kier molecular flexibility index (Phi) is 5.31. The summed E-state index contributed by atoms with van der Waals surface area (Å²) in [5.41, 5.74) is 13.8. The van der Waals surface area contributed by atoms with Gasteiger partial charge >= 0.3 is 0 Å². The summed E-state index contributed by atoms with van der Waals surface area (Å²) in [7, 11) is 0. The summed E-state index contributed by atoms with van der Waals surface area (Å²) < 4.78 is 8.81. The topological polar surface area (TPSA) is 43.9 Å². The van der Waals surface area contributed by atoms with E-state index in [1.807, 2.05) is 36.4 Å². The van der Waals surface area contributed by atoms with Crippen molar-refractivity contribution in [1.29, 1.82) is 0 Å². The van der Waals surface area contributed by atoms with Gasteiger partial charge in [-0.25, -0.2) is 9.97 Å². The molecule has 0 saturated carbocycles. The smallest absolute Gasteiger partial charge is 0.180 e. The third kappa shape index (κ3) is 3.64. The van der Waals surface area contributed by atoms with Crippen LogP contribution < -0.4 is 0 Å². The van der Waals surface area contributed by atoms with Crippen LogP contribution in [0.25, 0.3) is 83.3 Å². The highest BCUT2D eigenvalue weighted by molar-refractivity contribution is 6.15. The van der Waals surface area contributed by atoms with E-state index in [0.29, 0.717) is 11.4 Å². The molecule has 3 heterocycles. The van der Waals surface area contributed by atoms with Gasteiger partial charge in [0.2, 0.25) is 0 Å². The Labute approximate surface area is 271 Å². The Morgan fingerprint density at radius 3 is 2.23 bits per heavy atom. The molecule has 9 aromatic rings. The standard InChI is InChI=1S/C43H29N3O/c1-43(2)33-20-9-6-18-31(33)37-34(43)24-23-30-29-17-7-10-21-35(29)46(40(30)37)28-16-12-15-27(25-28)42-44-38(26-13-4-3-5-14-26)41-39(45-42)32-19-8-11-22-36(32)47-41/h3-25H,1-2H3. The summed E-state index contributed by atoms with van der Waals surface area (Å²) in [6.45, 7) is 4.68. The normalized spacial score (nSPS) is 13.5. The summed E-state index contributed by atoms with van der Waals surface area (Å²) in [6.07, 6.45) is 0. The van der Waals surface area contributed by atoms with Crippen molar-refractivity contribution in [3.8, 4) is 39.5 Å². The zero-order chi connectivity index (χ0) is 31.3. The zero-order valence-electron chi connectivity index (χ0n) is 26.0. The van der Waals surface area contributed by atoms with E-state index in [1.54, 1.807) is 0 Å². The molecule has 0 amide bonds. The average Bonchev–Trinajstić information content (AvgIpc) is 3.74. The number of para-hydroxylation sites is 2. The molecular weight excluding hydrogens is 574 g/mol. The molecule has 0 radical (unpaired) electrons. The number of furan rings is 1. The second-order valence-corrected chi connectivity index (χ2v) is 13.0. The lowest BCUT2D eigenvalue weighted by Crippen LogP contribution is -2.14. The third-order valence-electron chi connectivity index (χ3n) is 10.0. The van der Waals surface area contributed by atoms with E-state index >= 15 is 0 Å². The second-order valence-electron chi connectivity index (χ2n) is 13.0. The second kappa shape index (κ2) is 9.51. The van der Waals surface area contributed by atoms with Gasteiger partial charge in [0, 0.05) is 44.0 Å². The zero-order valence-corrected chi connectivity index (χ0v) is 26.0. The van der Waals surface area contributed by atoms with Crippen molar-refractivity contribution < 1.29 is 4.42 Å². The Balaban J connectivity index is 1.26. The molecule has 4 nitrogen and oxygen atoms in total. The highest BCUT2D eigenvalue weighted by Gasteiger charge is 2.37. The first-order valence-corrected chi connectivity index (χ1v) is 16.1.